The van der Waals surface area contributed by atoms with E-state index in [1.807, 2.05) is 68.4 Å². The first-order valence-electron chi connectivity index (χ1n) is 15.6. The van der Waals surface area contributed by atoms with Gasteiger partial charge in [-0.15, -0.1) is 0 Å². The lowest BCUT2D eigenvalue weighted by atomic mass is 10.0. The Balaban J connectivity index is 1.31. The normalized spacial score (nSPS) is 20.8. The second kappa shape index (κ2) is 15.3. The first-order chi connectivity index (χ1) is 22.1. The third-order valence-corrected chi connectivity index (χ3v) is 9.96. The van der Waals surface area contributed by atoms with Crippen LogP contribution in [0.5, 0.6) is 5.75 Å². The second-order valence-electron chi connectivity index (χ2n) is 12.2. The quantitative estimate of drug-likeness (QED) is 0.220. The molecule has 46 heavy (non-hydrogen) atoms. The third kappa shape index (κ3) is 8.77. The van der Waals surface area contributed by atoms with Gasteiger partial charge >= 0.3 is 6.09 Å². The highest BCUT2D eigenvalue weighted by molar-refractivity contribution is 7.89. The molecule has 0 radical (unpaired) electrons. The lowest BCUT2D eigenvalue weighted by molar-refractivity contribution is -0.0907. The van der Waals surface area contributed by atoms with Crippen molar-refractivity contribution in [2.45, 2.75) is 62.7 Å². The SMILES string of the molecule is CC(C)CN(CC(O)C(Cc1ccc(OCc2ccccc2)cc1)NC(=O)OC1COC2OCCC12)S(=O)(=O)c1ccc(N)cc1. The van der Waals surface area contributed by atoms with Gasteiger partial charge in [0, 0.05) is 18.8 Å². The summed E-state index contributed by atoms with van der Waals surface area (Å²) in [5, 5.41) is 14.4. The van der Waals surface area contributed by atoms with Gasteiger partial charge in [-0.2, -0.15) is 4.31 Å². The standard InChI is InChI=1S/C34H43N3O8S/c1-23(2)19-37(46(40,41)28-14-10-26(35)11-15-28)20-31(38)30(36-34(39)45-32-22-44-33-29(32)16-17-42-33)18-24-8-12-27(13-9-24)43-21-25-6-4-3-5-7-25/h3-15,23,29-33,38H,16-22,35H2,1-2H3,(H,36,39). The van der Waals surface area contributed by atoms with Gasteiger partial charge in [0.05, 0.1) is 36.2 Å². The van der Waals surface area contributed by atoms with Gasteiger partial charge in [0.2, 0.25) is 10.0 Å². The summed E-state index contributed by atoms with van der Waals surface area (Å²) in [5.41, 5.74) is 8.07. The highest BCUT2D eigenvalue weighted by Gasteiger charge is 2.44. The van der Waals surface area contributed by atoms with E-state index in [-0.39, 0.29) is 49.1 Å². The van der Waals surface area contributed by atoms with Crippen molar-refractivity contribution in [2.24, 2.45) is 11.8 Å². The number of carbonyl (C=O) groups is 1. The molecule has 3 aromatic carbocycles. The largest absolute Gasteiger partial charge is 0.489 e. The maximum atomic E-state index is 13.7. The Bertz CT molecular complexity index is 1520. The monoisotopic (exact) mass is 653 g/mol. The van der Waals surface area contributed by atoms with Gasteiger partial charge in [-0.05, 0) is 66.3 Å². The summed E-state index contributed by atoms with van der Waals surface area (Å²) in [4.78, 5) is 13.2. The smallest absolute Gasteiger partial charge is 0.407 e. The van der Waals surface area contributed by atoms with Crippen molar-refractivity contribution in [1.29, 1.82) is 0 Å². The minimum Gasteiger partial charge on any atom is -0.489 e. The summed E-state index contributed by atoms with van der Waals surface area (Å²) >= 11 is 0. The zero-order chi connectivity index (χ0) is 32.7. The molecule has 2 aliphatic heterocycles. The molecule has 11 nitrogen and oxygen atoms in total. The third-order valence-electron chi connectivity index (χ3n) is 8.12. The van der Waals surface area contributed by atoms with Crippen LogP contribution in [0.1, 0.15) is 31.4 Å². The number of alkyl carbamates (subject to hydrolysis) is 1. The number of anilines is 1. The summed E-state index contributed by atoms with van der Waals surface area (Å²) in [5.74, 6) is 0.591. The van der Waals surface area contributed by atoms with Crippen LogP contribution in [-0.4, -0.2) is 74.8 Å². The molecule has 12 heteroatoms. The Kier molecular flexibility index (Phi) is 11.2. The molecule has 0 bridgehead atoms. The molecule has 0 saturated carbocycles. The number of nitrogen functional groups attached to an aromatic ring is 1. The molecule has 2 aliphatic rings. The van der Waals surface area contributed by atoms with Gasteiger partial charge in [0.1, 0.15) is 18.5 Å². The van der Waals surface area contributed by atoms with Crippen LogP contribution in [0.25, 0.3) is 0 Å². The fourth-order valence-corrected chi connectivity index (χ4v) is 7.29. The molecule has 5 rings (SSSR count). The number of ether oxygens (including phenoxy) is 4. The molecular formula is C34H43N3O8S. The van der Waals surface area contributed by atoms with E-state index in [1.165, 1.54) is 28.6 Å². The van der Waals surface area contributed by atoms with Crippen molar-refractivity contribution in [2.75, 3.05) is 32.0 Å². The van der Waals surface area contributed by atoms with E-state index in [0.29, 0.717) is 24.7 Å². The summed E-state index contributed by atoms with van der Waals surface area (Å²) in [6.45, 7) is 4.89. The van der Waals surface area contributed by atoms with Crippen molar-refractivity contribution < 1.29 is 37.3 Å². The molecule has 0 spiro atoms. The minimum atomic E-state index is -3.98. The zero-order valence-electron chi connectivity index (χ0n) is 26.2. The number of hydrogen-bond acceptors (Lipinski definition) is 9. The highest BCUT2D eigenvalue weighted by Crippen LogP contribution is 2.33. The first-order valence-corrected chi connectivity index (χ1v) is 17.0. The number of aliphatic hydroxyl groups excluding tert-OH is 1. The van der Waals surface area contributed by atoms with Crippen LogP contribution in [0.3, 0.4) is 0 Å². The number of sulfonamides is 1. The highest BCUT2D eigenvalue weighted by atomic mass is 32.2. The zero-order valence-corrected chi connectivity index (χ0v) is 27.0. The molecule has 248 valence electrons. The summed E-state index contributed by atoms with van der Waals surface area (Å²) in [6.07, 6.45) is -1.92. The Hall–Kier alpha value is -3.68. The van der Waals surface area contributed by atoms with E-state index >= 15 is 0 Å². The molecule has 2 heterocycles. The molecule has 5 atom stereocenters. The average Bonchev–Trinajstić information content (AvgIpc) is 3.66. The molecule has 5 unspecified atom stereocenters. The van der Waals surface area contributed by atoms with Crippen LogP contribution in [0, 0.1) is 11.8 Å². The number of hydrogen-bond donors (Lipinski definition) is 3. The Labute approximate surface area is 270 Å². The fraction of sp³-hybridized carbons (Fsp3) is 0.441. The van der Waals surface area contributed by atoms with Gasteiger partial charge in [-0.25, -0.2) is 13.2 Å². The number of nitrogens with one attached hydrogen (secondary N) is 1. The lowest BCUT2D eigenvalue weighted by Gasteiger charge is -2.31. The number of aliphatic hydroxyl groups is 1. The number of benzene rings is 3. The van der Waals surface area contributed by atoms with E-state index < -0.39 is 34.4 Å². The molecule has 0 aliphatic carbocycles. The lowest BCUT2D eigenvalue weighted by Crippen LogP contribution is -2.51. The predicted octanol–water partition coefficient (Wildman–Crippen LogP) is 3.95. The number of carbonyl (C=O) groups excluding carboxylic acids is 1. The van der Waals surface area contributed by atoms with Gasteiger partial charge < -0.3 is 35.1 Å². The van der Waals surface area contributed by atoms with Crippen LogP contribution < -0.4 is 15.8 Å². The van der Waals surface area contributed by atoms with Crippen LogP contribution in [0.4, 0.5) is 10.5 Å². The Morgan fingerprint density at radius 2 is 1.72 bits per heavy atom. The van der Waals surface area contributed by atoms with E-state index in [4.69, 9.17) is 24.7 Å². The molecule has 0 aromatic heterocycles. The number of rotatable bonds is 14. The van der Waals surface area contributed by atoms with E-state index in [2.05, 4.69) is 5.32 Å². The molecule has 2 saturated heterocycles. The van der Waals surface area contributed by atoms with Crippen molar-refractivity contribution >= 4 is 21.8 Å². The Morgan fingerprint density at radius 1 is 1.00 bits per heavy atom. The van der Waals surface area contributed by atoms with Crippen molar-refractivity contribution in [1.82, 2.24) is 9.62 Å². The Morgan fingerprint density at radius 3 is 2.41 bits per heavy atom. The van der Waals surface area contributed by atoms with Gasteiger partial charge in [0.25, 0.3) is 0 Å². The first kappa shape index (κ1) is 33.7. The van der Waals surface area contributed by atoms with E-state index in [0.717, 1.165) is 17.5 Å². The van der Waals surface area contributed by atoms with Crippen LogP contribution >= 0.6 is 0 Å². The molecule has 2 fully saturated rings. The maximum Gasteiger partial charge on any atom is 0.407 e. The fourth-order valence-electron chi connectivity index (χ4n) is 5.67. The van der Waals surface area contributed by atoms with Gasteiger partial charge in [0.15, 0.2) is 6.29 Å². The number of nitrogens with two attached hydrogens (primary N) is 1. The maximum absolute atomic E-state index is 13.7. The predicted molar refractivity (Wildman–Crippen MR) is 172 cm³/mol. The molecule has 1 amide bonds. The molecular weight excluding hydrogens is 610 g/mol. The van der Waals surface area contributed by atoms with Crippen molar-refractivity contribution in [3.05, 3.63) is 90.0 Å². The number of fused-ring (bicyclic) bond motifs is 1. The topological polar surface area (TPSA) is 150 Å². The minimum absolute atomic E-state index is 0.0282. The molecule has 4 N–H and O–H groups in total. The summed E-state index contributed by atoms with van der Waals surface area (Å²) < 4.78 is 51.4. The second-order valence-corrected chi connectivity index (χ2v) is 14.1. The summed E-state index contributed by atoms with van der Waals surface area (Å²) in [7, 11) is -3.98. The van der Waals surface area contributed by atoms with Crippen molar-refractivity contribution in [3.63, 3.8) is 0 Å². The van der Waals surface area contributed by atoms with Gasteiger partial charge in [-0.3, -0.25) is 0 Å². The average molecular weight is 654 g/mol. The van der Waals surface area contributed by atoms with Gasteiger partial charge in [-0.1, -0.05) is 56.3 Å². The van der Waals surface area contributed by atoms with Crippen LogP contribution in [0.15, 0.2) is 83.8 Å². The van der Waals surface area contributed by atoms with Crippen molar-refractivity contribution in [3.8, 4) is 5.75 Å². The molecule has 3 aromatic rings. The van der Waals surface area contributed by atoms with Crippen LogP contribution in [-0.2, 0) is 37.3 Å². The number of amides is 1. The van der Waals surface area contributed by atoms with Crippen LogP contribution in [0.2, 0.25) is 0 Å². The van der Waals surface area contributed by atoms with E-state index in [1.54, 1.807) is 0 Å². The number of nitrogens with zero attached hydrogens (tertiary/aromatic N) is 1. The summed E-state index contributed by atoms with van der Waals surface area (Å²) in [6, 6.07) is 22.3. The van der Waals surface area contributed by atoms with E-state index in [9.17, 15) is 18.3 Å².